The highest BCUT2D eigenvalue weighted by atomic mass is 79.9. The Hall–Kier alpha value is -0.740. The molecule has 1 N–H and O–H groups in total. The summed E-state index contributed by atoms with van der Waals surface area (Å²) in [6.07, 6.45) is 0. The first-order valence-electron chi connectivity index (χ1n) is 3.66. The van der Waals surface area contributed by atoms with Gasteiger partial charge in [-0.05, 0) is 33.4 Å². The lowest BCUT2D eigenvalue weighted by Crippen LogP contribution is -1.84. The van der Waals surface area contributed by atoms with Crippen molar-refractivity contribution in [2.24, 2.45) is 0 Å². The van der Waals surface area contributed by atoms with Crippen LogP contribution in [0.2, 0.25) is 0 Å². The molecule has 4 heteroatoms. The van der Waals surface area contributed by atoms with Crippen LogP contribution in [0.25, 0.3) is 10.1 Å². The molecular formula is C9H7BrO2S. The highest BCUT2D eigenvalue weighted by molar-refractivity contribution is 9.10. The lowest BCUT2D eigenvalue weighted by molar-refractivity contribution is 0.416. The van der Waals surface area contributed by atoms with E-state index in [9.17, 15) is 5.11 Å². The third-order valence-corrected chi connectivity index (χ3v) is 3.33. The van der Waals surface area contributed by atoms with E-state index >= 15 is 0 Å². The molecule has 2 rings (SSSR count). The number of rotatable bonds is 1. The molecule has 2 aromatic rings. The van der Waals surface area contributed by atoms with Gasteiger partial charge in [-0.25, -0.2) is 0 Å². The van der Waals surface area contributed by atoms with E-state index in [1.165, 1.54) is 0 Å². The Bertz CT molecular complexity index is 450. The molecule has 2 nitrogen and oxygen atoms in total. The number of thiophene rings is 1. The topological polar surface area (TPSA) is 29.5 Å². The SMILES string of the molecule is COc1c(Br)cc(O)c2ccsc12. The maximum atomic E-state index is 9.58. The Balaban J connectivity index is 2.88. The Labute approximate surface area is 87.9 Å². The van der Waals surface area contributed by atoms with Crippen LogP contribution in [-0.2, 0) is 0 Å². The normalized spacial score (nSPS) is 10.6. The molecule has 1 aromatic heterocycles. The Kier molecular flexibility index (Phi) is 2.17. The molecule has 0 unspecified atom stereocenters. The lowest BCUT2D eigenvalue weighted by atomic mass is 10.2. The average Bonchev–Trinajstić information content (AvgIpc) is 2.53. The highest BCUT2D eigenvalue weighted by Crippen LogP contribution is 2.41. The predicted molar refractivity (Wildman–Crippen MR) is 57.7 cm³/mol. The third-order valence-electron chi connectivity index (χ3n) is 1.83. The minimum atomic E-state index is 0.281. The fourth-order valence-electron chi connectivity index (χ4n) is 1.25. The number of benzene rings is 1. The largest absolute Gasteiger partial charge is 0.507 e. The average molecular weight is 259 g/mol. The monoisotopic (exact) mass is 258 g/mol. The number of fused-ring (bicyclic) bond motifs is 1. The van der Waals surface area contributed by atoms with Gasteiger partial charge in [-0.1, -0.05) is 0 Å². The first kappa shape index (κ1) is 8.84. The van der Waals surface area contributed by atoms with E-state index in [4.69, 9.17) is 4.74 Å². The number of halogens is 1. The smallest absolute Gasteiger partial charge is 0.151 e. The van der Waals surface area contributed by atoms with Crippen molar-refractivity contribution < 1.29 is 9.84 Å². The van der Waals surface area contributed by atoms with Crippen molar-refractivity contribution in [2.75, 3.05) is 7.11 Å². The second-order valence-corrected chi connectivity index (χ2v) is 4.34. The number of phenolic OH excluding ortho intramolecular Hbond substituents is 1. The van der Waals surface area contributed by atoms with Gasteiger partial charge in [0.15, 0.2) is 5.75 Å². The first-order valence-corrected chi connectivity index (χ1v) is 5.34. The zero-order chi connectivity index (χ0) is 9.42. The Morgan fingerprint density at radius 3 is 3.00 bits per heavy atom. The van der Waals surface area contributed by atoms with Gasteiger partial charge in [0.05, 0.1) is 16.3 Å². The van der Waals surface area contributed by atoms with Crippen molar-refractivity contribution in [3.8, 4) is 11.5 Å². The van der Waals surface area contributed by atoms with Crippen LogP contribution in [0.15, 0.2) is 22.0 Å². The van der Waals surface area contributed by atoms with E-state index in [-0.39, 0.29) is 5.75 Å². The fourth-order valence-corrected chi connectivity index (χ4v) is 2.90. The molecule has 0 saturated heterocycles. The second-order valence-electron chi connectivity index (χ2n) is 2.57. The minimum absolute atomic E-state index is 0.281. The molecule has 0 radical (unpaired) electrons. The van der Waals surface area contributed by atoms with Crippen molar-refractivity contribution in [2.45, 2.75) is 0 Å². The van der Waals surface area contributed by atoms with Gasteiger partial charge in [0, 0.05) is 5.39 Å². The molecule has 0 fully saturated rings. The molecular weight excluding hydrogens is 252 g/mol. The molecule has 68 valence electrons. The van der Waals surface area contributed by atoms with Crippen LogP contribution in [0.5, 0.6) is 11.5 Å². The summed E-state index contributed by atoms with van der Waals surface area (Å²) in [4.78, 5) is 0. The van der Waals surface area contributed by atoms with Crippen LogP contribution in [-0.4, -0.2) is 12.2 Å². The van der Waals surface area contributed by atoms with Crippen molar-refractivity contribution in [1.82, 2.24) is 0 Å². The van der Waals surface area contributed by atoms with Crippen molar-refractivity contribution in [3.05, 3.63) is 22.0 Å². The maximum Gasteiger partial charge on any atom is 0.151 e. The standard InChI is InChI=1S/C9H7BrO2S/c1-12-8-6(10)4-7(11)5-2-3-13-9(5)8/h2-4,11H,1H3. The van der Waals surface area contributed by atoms with Gasteiger partial charge >= 0.3 is 0 Å². The van der Waals surface area contributed by atoms with Crippen LogP contribution < -0.4 is 4.74 Å². The van der Waals surface area contributed by atoms with Crippen LogP contribution >= 0.6 is 27.3 Å². The summed E-state index contributed by atoms with van der Waals surface area (Å²) in [6, 6.07) is 3.53. The number of hydrogen-bond acceptors (Lipinski definition) is 3. The molecule has 1 aromatic carbocycles. The zero-order valence-corrected chi connectivity index (χ0v) is 9.28. The summed E-state index contributed by atoms with van der Waals surface area (Å²) in [5, 5.41) is 12.3. The molecule has 0 aliphatic rings. The molecule has 0 saturated carbocycles. The molecule has 0 atom stereocenters. The summed E-state index contributed by atoms with van der Waals surface area (Å²) in [5.74, 6) is 1.06. The Morgan fingerprint density at radius 1 is 1.54 bits per heavy atom. The molecule has 0 bridgehead atoms. The summed E-state index contributed by atoms with van der Waals surface area (Å²) < 4.78 is 6.97. The van der Waals surface area contributed by atoms with Crippen LogP contribution in [0.4, 0.5) is 0 Å². The van der Waals surface area contributed by atoms with Crippen LogP contribution in [0.3, 0.4) is 0 Å². The van der Waals surface area contributed by atoms with E-state index in [1.54, 1.807) is 24.5 Å². The first-order chi connectivity index (χ1) is 6.24. The van der Waals surface area contributed by atoms with Crippen molar-refractivity contribution >= 4 is 37.4 Å². The summed E-state index contributed by atoms with van der Waals surface area (Å²) in [6.45, 7) is 0. The van der Waals surface area contributed by atoms with Crippen molar-refractivity contribution in [1.29, 1.82) is 0 Å². The van der Waals surface area contributed by atoms with Gasteiger partial charge in [0.2, 0.25) is 0 Å². The van der Waals surface area contributed by atoms with Gasteiger partial charge in [0.1, 0.15) is 5.75 Å². The van der Waals surface area contributed by atoms with Crippen LogP contribution in [0.1, 0.15) is 0 Å². The number of hydrogen-bond donors (Lipinski definition) is 1. The summed E-state index contributed by atoms with van der Waals surface area (Å²) >= 11 is 4.89. The molecule has 0 aliphatic carbocycles. The zero-order valence-electron chi connectivity index (χ0n) is 6.87. The Morgan fingerprint density at radius 2 is 2.31 bits per heavy atom. The summed E-state index contributed by atoms with van der Waals surface area (Å²) in [5.41, 5.74) is 0. The van der Waals surface area contributed by atoms with E-state index in [1.807, 2.05) is 11.4 Å². The second kappa shape index (κ2) is 3.20. The third kappa shape index (κ3) is 1.30. The number of phenols is 1. The van der Waals surface area contributed by atoms with E-state index in [0.29, 0.717) is 0 Å². The van der Waals surface area contributed by atoms with Gasteiger partial charge in [0.25, 0.3) is 0 Å². The highest BCUT2D eigenvalue weighted by Gasteiger charge is 2.11. The van der Waals surface area contributed by atoms with Gasteiger partial charge in [-0.15, -0.1) is 11.3 Å². The van der Waals surface area contributed by atoms with Gasteiger partial charge < -0.3 is 9.84 Å². The minimum Gasteiger partial charge on any atom is -0.507 e. The van der Waals surface area contributed by atoms with E-state index in [2.05, 4.69) is 15.9 Å². The predicted octanol–water partition coefficient (Wildman–Crippen LogP) is 3.38. The number of ether oxygens (including phenoxy) is 1. The maximum absolute atomic E-state index is 9.58. The summed E-state index contributed by atoms with van der Waals surface area (Å²) in [7, 11) is 1.62. The van der Waals surface area contributed by atoms with Crippen molar-refractivity contribution in [3.63, 3.8) is 0 Å². The lowest BCUT2D eigenvalue weighted by Gasteiger charge is -2.05. The quantitative estimate of drug-likeness (QED) is 0.850. The number of methoxy groups -OCH3 is 1. The molecule has 0 spiro atoms. The molecule has 13 heavy (non-hydrogen) atoms. The van der Waals surface area contributed by atoms with Gasteiger partial charge in [-0.2, -0.15) is 0 Å². The molecule has 1 heterocycles. The van der Waals surface area contributed by atoms with E-state index in [0.717, 1.165) is 20.3 Å². The number of aromatic hydroxyl groups is 1. The fraction of sp³-hybridized carbons (Fsp3) is 0.111. The molecule has 0 amide bonds. The van der Waals surface area contributed by atoms with Crippen LogP contribution in [0, 0.1) is 0 Å². The van der Waals surface area contributed by atoms with Gasteiger partial charge in [-0.3, -0.25) is 0 Å². The molecule has 0 aliphatic heterocycles. The van der Waals surface area contributed by atoms with E-state index < -0.39 is 0 Å².